The maximum Gasteiger partial charge on any atom is 1.00 e. The van der Waals surface area contributed by atoms with E-state index >= 15 is 0 Å². The van der Waals surface area contributed by atoms with Gasteiger partial charge in [-0.1, -0.05) is 6.92 Å². The van der Waals surface area contributed by atoms with Gasteiger partial charge in [-0.2, -0.15) is 0 Å². The Balaban J connectivity index is -0.000000320. The summed E-state index contributed by atoms with van der Waals surface area (Å²) in [6.45, 7) is 12.3. The van der Waals surface area contributed by atoms with Crippen LogP contribution in [0.5, 0.6) is 0 Å². The first kappa shape index (κ1) is 17.6. The van der Waals surface area contributed by atoms with E-state index in [-0.39, 0.29) is 24.3 Å². The summed E-state index contributed by atoms with van der Waals surface area (Å²) in [6.07, 6.45) is 0. The number of hydrogen-bond acceptors (Lipinski definition) is 2. The molecule has 0 spiro atoms. The van der Waals surface area contributed by atoms with Crippen LogP contribution in [0.3, 0.4) is 0 Å². The maximum absolute atomic E-state index is 2.46. The Hall–Kier alpha value is 0.517. The molecule has 11 heavy (non-hydrogen) atoms. The molecule has 64 valence electrons. The van der Waals surface area contributed by atoms with E-state index in [1.807, 2.05) is 0 Å². The van der Waals surface area contributed by atoms with Gasteiger partial charge in [0.05, 0.1) is 0 Å². The molecule has 0 atom stereocenters. The van der Waals surface area contributed by atoms with E-state index < -0.39 is 0 Å². The molecular weight excluding hydrogens is 133 g/mol. The first-order valence-corrected chi connectivity index (χ1v) is 3.85. The molecule has 0 unspecified atom stereocenters. The smallest absolute Gasteiger partial charge is 0.870 e. The van der Waals surface area contributed by atoms with Crippen molar-refractivity contribution in [3.8, 4) is 0 Å². The second-order valence-corrected chi connectivity index (χ2v) is 3.02. The molecule has 0 fully saturated rings. The van der Waals surface area contributed by atoms with Gasteiger partial charge in [-0.25, -0.2) is 0 Å². The van der Waals surface area contributed by atoms with Gasteiger partial charge in [0.15, 0.2) is 0 Å². The Kier molecular flexibility index (Phi) is 13.7. The summed E-state index contributed by atoms with van der Waals surface area (Å²) in [7, 11) is 0. The Morgan fingerprint density at radius 3 is 1.27 bits per heavy atom. The summed E-state index contributed by atoms with van der Waals surface area (Å²) in [5.41, 5.74) is 0. The van der Waals surface area contributed by atoms with E-state index in [4.69, 9.17) is 0 Å². The summed E-state index contributed by atoms with van der Waals surface area (Å²) in [5, 5.41) is 0. The van der Waals surface area contributed by atoms with Crippen molar-refractivity contribution < 1.29 is 24.3 Å². The molecule has 2 nitrogen and oxygen atoms in total. The van der Waals surface area contributed by atoms with Crippen LogP contribution in [0.1, 0.15) is 34.6 Å². The van der Waals surface area contributed by atoms with Gasteiger partial charge >= 0.3 is 18.9 Å². The van der Waals surface area contributed by atoms with Gasteiger partial charge in [0.1, 0.15) is 0 Å². The zero-order valence-corrected chi connectivity index (χ0v) is 8.76. The Morgan fingerprint density at radius 2 is 1.27 bits per heavy atom. The van der Waals surface area contributed by atoms with Gasteiger partial charge in [0.2, 0.25) is 0 Å². The van der Waals surface area contributed by atoms with E-state index in [2.05, 4.69) is 39.5 Å². The third-order valence-corrected chi connectivity index (χ3v) is 1.69. The zero-order valence-electron chi connectivity index (χ0n) is 8.76. The van der Waals surface area contributed by atoms with Crippen molar-refractivity contribution in [3.05, 3.63) is 0 Å². The molecular formula is C8H20LiNO. The summed E-state index contributed by atoms with van der Waals surface area (Å²) < 4.78 is 0. The van der Waals surface area contributed by atoms with Gasteiger partial charge in [-0.3, -0.25) is 4.90 Å². The van der Waals surface area contributed by atoms with Crippen LogP contribution in [0.15, 0.2) is 0 Å². The third kappa shape index (κ3) is 6.90. The standard InChI is InChI=1S/C8H19N.Li.H2O/c1-6-9(7(2)3)8(4)5;;/h7-8H,6H2,1-5H3;;1H2/q;+1;/p-1. The summed E-state index contributed by atoms with van der Waals surface area (Å²) >= 11 is 0. The first-order chi connectivity index (χ1) is 4.09. The van der Waals surface area contributed by atoms with E-state index in [1.165, 1.54) is 0 Å². The van der Waals surface area contributed by atoms with Crippen LogP contribution in [0.2, 0.25) is 0 Å². The topological polar surface area (TPSA) is 33.2 Å². The predicted octanol–water partition coefficient (Wildman–Crippen LogP) is -1.05. The fourth-order valence-corrected chi connectivity index (χ4v) is 1.33. The van der Waals surface area contributed by atoms with Crippen molar-refractivity contribution in [2.45, 2.75) is 46.7 Å². The molecule has 0 aliphatic carbocycles. The molecule has 1 N–H and O–H groups in total. The molecule has 0 rings (SSSR count). The average molecular weight is 153 g/mol. The molecule has 0 saturated heterocycles. The molecule has 0 aliphatic heterocycles. The normalized spacial score (nSPS) is 9.82. The van der Waals surface area contributed by atoms with Crippen molar-refractivity contribution in [2.75, 3.05) is 6.54 Å². The minimum Gasteiger partial charge on any atom is -0.870 e. The molecule has 0 bridgehead atoms. The van der Waals surface area contributed by atoms with E-state index in [0.717, 1.165) is 6.54 Å². The minimum atomic E-state index is 0. The van der Waals surface area contributed by atoms with Gasteiger partial charge in [-0.15, -0.1) is 0 Å². The summed E-state index contributed by atoms with van der Waals surface area (Å²) in [4.78, 5) is 2.46. The van der Waals surface area contributed by atoms with Crippen molar-refractivity contribution in [1.29, 1.82) is 0 Å². The van der Waals surface area contributed by atoms with Crippen LogP contribution in [0, 0.1) is 0 Å². The fourth-order valence-electron chi connectivity index (χ4n) is 1.33. The van der Waals surface area contributed by atoms with Gasteiger partial charge in [0, 0.05) is 12.1 Å². The number of nitrogens with zero attached hydrogens (tertiary/aromatic N) is 1. The fraction of sp³-hybridized carbons (Fsp3) is 1.00. The molecule has 0 amide bonds. The zero-order chi connectivity index (χ0) is 7.44. The molecule has 0 aromatic heterocycles. The maximum atomic E-state index is 2.46. The quantitative estimate of drug-likeness (QED) is 0.485. The van der Waals surface area contributed by atoms with Gasteiger partial charge in [-0.05, 0) is 34.2 Å². The second kappa shape index (κ2) is 8.61. The summed E-state index contributed by atoms with van der Waals surface area (Å²) in [5.74, 6) is 0. The SMILES string of the molecule is CCN(C(C)C)C(C)C.[Li+].[OH-]. The second-order valence-electron chi connectivity index (χ2n) is 3.02. The molecule has 0 saturated carbocycles. The molecule has 0 radical (unpaired) electrons. The molecule has 3 heteroatoms. The van der Waals surface area contributed by atoms with Crippen LogP contribution in [0.25, 0.3) is 0 Å². The average Bonchev–Trinajstić information content (AvgIpc) is 1.64. The van der Waals surface area contributed by atoms with Gasteiger partial charge in [0.25, 0.3) is 0 Å². The van der Waals surface area contributed by atoms with Gasteiger partial charge < -0.3 is 5.48 Å². The number of hydrogen-bond donors (Lipinski definition) is 0. The Labute approximate surface area is 82.8 Å². The van der Waals surface area contributed by atoms with E-state index in [1.54, 1.807) is 0 Å². The van der Waals surface area contributed by atoms with Crippen LogP contribution in [-0.2, 0) is 0 Å². The van der Waals surface area contributed by atoms with Crippen molar-refractivity contribution >= 4 is 0 Å². The van der Waals surface area contributed by atoms with Crippen LogP contribution >= 0.6 is 0 Å². The molecule has 0 aromatic rings. The van der Waals surface area contributed by atoms with Crippen molar-refractivity contribution in [3.63, 3.8) is 0 Å². The van der Waals surface area contributed by atoms with Crippen molar-refractivity contribution in [2.24, 2.45) is 0 Å². The monoisotopic (exact) mass is 153 g/mol. The third-order valence-electron chi connectivity index (χ3n) is 1.69. The minimum absolute atomic E-state index is 0. The largest absolute Gasteiger partial charge is 1.00 e. The van der Waals surface area contributed by atoms with Crippen LogP contribution < -0.4 is 18.9 Å². The van der Waals surface area contributed by atoms with Crippen molar-refractivity contribution in [1.82, 2.24) is 4.90 Å². The summed E-state index contributed by atoms with van der Waals surface area (Å²) in [6, 6.07) is 1.38. The molecule has 0 heterocycles. The predicted molar refractivity (Wildman–Crippen MR) is 44.6 cm³/mol. The van der Waals surface area contributed by atoms with E-state index in [9.17, 15) is 0 Å². The Morgan fingerprint density at radius 1 is 1.00 bits per heavy atom. The van der Waals surface area contributed by atoms with Crippen LogP contribution in [-0.4, -0.2) is 29.0 Å². The van der Waals surface area contributed by atoms with E-state index in [0.29, 0.717) is 12.1 Å². The number of rotatable bonds is 3. The first-order valence-electron chi connectivity index (χ1n) is 3.85. The Bertz CT molecular complexity index is 68.5. The molecule has 0 aromatic carbocycles. The van der Waals surface area contributed by atoms with Crippen LogP contribution in [0.4, 0.5) is 0 Å². The molecule has 0 aliphatic rings.